The topological polar surface area (TPSA) is 9.23 Å². The molecule has 0 heterocycles. The molecule has 78 valence electrons. The summed E-state index contributed by atoms with van der Waals surface area (Å²) in [5.74, 6) is -0.395. The molecule has 1 rings (SSSR count). The zero-order valence-electron chi connectivity index (χ0n) is 8.20. The minimum atomic E-state index is -1.75. The molecule has 1 aromatic rings. The van der Waals surface area contributed by atoms with Crippen molar-refractivity contribution in [3.05, 3.63) is 28.0 Å². The highest BCUT2D eigenvalue weighted by Gasteiger charge is 2.27. The Kier molecular flexibility index (Phi) is 3.14. The summed E-state index contributed by atoms with van der Waals surface area (Å²) in [5.41, 5.74) is -1.81. The minimum absolute atomic E-state index is 0.0526. The van der Waals surface area contributed by atoms with Gasteiger partial charge in [0.15, 0.2) is 0 Å². The van der Waals surface area contributed by atoms with Crippen LogP contribution in [0.5, 0.6) is 5.75 Å². The Morgan fingerprint density at radius 3 is 2.36 bits per heavy atom. The van der Waals surface area contributed by atoms with Crippen molar-refractivity contribution in [2.45, 2.75) is 19.5 Å². The molecular formula is C10H11BrF2O. The average Bonchev–Trinajstić information content (AvgIpc) is 1.99. The summed E-state index contributed by atoms with van der Waals surface area (Å²) < 4.78 is 32.5. The largest absolute Gasteiger partial charge is 0.496 e. The first-order valence-corrected chi connectivity index (χ1v) is 4.88. The monoisotopic (exact) mass is 264 g/mol. The molecule has 0 atom stereocenters. The molecule has 0 radical (unpaired) electrons. The van der Waals surface area contributed by atoms with Crippen LogP contribution in [0.25, 0.3) is 0 Å². The van der Waals surface area contributed by atoms with Gasteiger partial charge in [-0.15, -0.1) is 0 Å². The van der Waals surface area contributed by atoms with Gasteiger partial charge in [-0.1, -0.05) is 15.9 Å². The van der Waals surface area contributed by atoms with Crippen LogP contribution in [0.3, 0.4) is 0 Å². The van der Waals surface area contributed by atoms with E-state index in [2.05, 4.69) is 15.9 Å². The Balaban J connectivity index is 3.40. The van der Waals surface area contributed by atoms with E-state index in [1.54, 1.807) is 6.07 Å². The SMILES string of the molecule is COc1cc(Br)cc(F)c1C(C)(C)F. The number of rotatable bonds is 2. The molecule has 1 aromatic carbocycles. The van der Waals surface area contributed by atoms with E-state index in [9.17, 15) is 8.78 Å². The quantitative estimate of drug-likeness (QED) is 0.790. The van der Waals surface area contributed by atoms with E-state index in [1.165, 1.54) is 27.0 Å². The lowest BCUT2D eigenvalue weighted by Gasteiger charge is -2.19. The zero-order valence-corrected chi connectivity index (χ0v) is 9.78. The molecule has 0 unspecified atom stereocenters. The molecule has 14 heavy (non-hydrogen) atoms. The molecule has 0 aliphatic rings. The van der Waals surface area contributed by atoms with Crippen LogP contribution in [0.1, 0.15) is 19.4 Å². The summed E-state index contributed by atoms with van der Waals surface area (Å²) in [6.07, 6.45) is 0. The fraction of sp³-hybridized carbons (Fsp3) is 0.400. The molecule has 0 aromatic heterocycles. The van der Waals surface area contributed by atoms with E-state index < -0.39 is 11.5 Å². The molecular weight excluding hydrogens is 254 g/mol. The van der Waals surface area contributed by atoms with Crippen LogP contribution in [0, 0.1) is 5.82 Å². The Bertz CT molecular complexity index is 345. The van der Waals surface area contributed by atoms with Crippen molar-refractivity contribution < 1.29 is 13.5 Å². The molecule has 1 nitrogen and oxygen atoms in total. The maximum Gasteiger partial charge on any atom is 0.136 e. The number of benzene rings is 1. The molecule has 0 N–H and O–H groups in total. The van der Waals surface area contributed by atoms with Crippen LogP contribution in [-0.2, 0) is 5.67 Å². The Hall–Kier alpha value is -0.640. The third-order valence-corrected chi connectivity index (χ3v) is 2.29. The van der Waals surface area contributed by atoms with Gasteiger partial charge in [-0.3, -0.25) is 0 Å². The molecule has 0 aliphatic heterocycles. The second-order valence-corrected chi connectivity index (χ2v) is 4.35. The molecule has 0 saturated carbocycles. The lowest BCUT2D eigenvalue weighted by Crippen LogP contribution is -2.13. The smallest absolute Gasteiger partial charge is 0.136 e. The number of methoxy groups -OCH3 is 1. The van der Waals surface area contributed by atoms with Crippen LogP contribution < -0.4 is 4.74 Å². The minimum Gasteiger partial charge on any atom is -0.496 e. The van der Waals surface area contributed by atoms with Crippen molar-refractivity contribution in [3.63, 3.8) is 0 Å². The maximum absolute atomic E-state index is 13.6. The van der Waals surface area contributed by atoms with Gasteiger partial charge < -0.3 is 4.74 Å². The van der Waals surface area contributed by atoms with Crippen LogP contribution in [0.15, 0.2) is 16.6 Å². The summed E-state index contributed by atoms with van der Waals surface area (Å²) in [7, 11) is 1.39. The van der Waals surface area contributed by atoms with Gasteiger partial charge in [-0.05, 0) is 26.0 Å². The first kappa shape index (κ1) is 11.4. The van der Waals surface area contributed by atoms with Crippen LogP contribution in [0.4, 0.5) is 8.78 Å². The van der Waals surface area contributed by atoms with Crippen LogP contribution in [-0.4, -0.2) is 7.11 Å². The van der Waals surface area contributed by atoms with Crippen molar-refractivity contribution >= 4 is 15.9 Å². The highest BCUT2D eigenvalue weighted by atomic mass is 79.9. The summed E-state index contributed by atoms with van der Waals surface area (Å²) in [6.45, 7) is 2.59. The fourth-order valence-electron chi connectivity index (χ4n) is 1.29. The Morgan fingerprint density at radius 1 is 1.36 bits per heavy atom. The van der Waals surface area contributed by atoms with Gasteiger partial charge in [0.25, 0.3) is 0 Å². The highest BCUT2D eigenvalue weighted by molar-refractivity contribution is 9.10. The van der Waals surface area contributed by atoms with Gasteiger partial charge in [0.2, 0.25) is 0 Å². The maximum atomic E-state index is 13.6. The molecule has 0 spiro atoms. The molecule has 0 fully saturated rings. The molecule has 0 bridgehead atoms. The van der Waals surface area contributed by atoms with E-state index in [0.29, 0.717) is 4.47 Å². The van der Waals surface area contributed by atoms with Gasteiger partial charge in [-0.25, -0.2) is 8.78 Å². The first-order chi connectivity index (χ1) is 6.36. The predicted molar refractivity (Wildman–Crippen MR) is 54.8 cm³/mol. The zero-order chi connectivity index (χ0) is 10.9. The van der Waals surface area contributed by atoms with Gasteiger partial charge in [0.1, 0.15) is 17.2 Å². The van der Waals surface area contributed by atoms with E-state index in [1.807, 2.05) is 0 Å². The average molecular weight is 265 g/mol. The molecule has 0 aliphatic carbocycles. The first-order valence-electron chi connectivity index (χ1n) is 4.08. The van der Waals surface area contributed by atoms with Crippen LogP contribution in [0.2, 0.25) is 0 Å². The molecule has 0 saturated heterocycles. The Morgan fingerprint density at radius 2 is 1.93 bits per heavy atom. The summed E-state index contributed by atoms with van der Waals surface area (Å²) >= 11 is 3.11. The summed E-state index contributed by atoms with van der Waals surface area (Å²) in [5, 5.41) is 0. The lowest BCUT2D eigenvalue weighted by molar-refractivity contribution is 0.205. The number of hydrogen-bond acceptors (Lipinski definition) is 1. The fourth-order valence-corrected chi connectivity index (χ4v) is 1.70. The van der Waals surface area contributed by atoms with Gasteiger partial charge in [-0.2, -0.15) is 0 Å². The number of halogens is 3. The third kappa shape index (κ3) is 2.23. The van der Waals surface area contributed by atoms with Crippen molar-refractivity contribution in [2.24, 2.45) is 0 Å². The highest BCUT2D eigenvalue weighted by Crippen LogP contribution is 2.36. The number of alkyl halides is 1. The second-order valence-electron chi connectivity index (χ2n) is 3.44. The third-order valence-electron chi connectivity index (χ3n) is 1.83. The normalized spacial score (nSPS) is 11.6. The van der Waals surface area contributed by atoms with E-state index in [0.717, 1.165) is 0 Å². The van der Waals surface area contributed by atoms with Crippen LogP contribution >= 0.6 is 15.9 Å². The lowest BCUT2D eigenvalue weighted by atomic mass is 9.98. The number of ether oxygens (including phenoxy) is 1. The molecule has 4 heteroatoms. The van der Waals surface area contributed by atoms with Crippen molar-refractivity contribution in [1.29, 1.82) is 0 Å². The van der Waals surface area contributed by atoms with Gasteiger partial charge in [0, 0.05) is 4.47 Å². The predicted octanol–water partition coefficient (Wildman–Crippen LogP) is 3.80. The van der Waals surface area contributed by atoms with E-state index in [-0.39, 0.29) is 11.3 Å². The number of hydrogen-bond donors (Lipinski definition) is 0. The van der Waals surface area contributed by atoms with E-state index >= 15 is 0 Å². The van der Waals surface area contributed by atoms with Gasteiger partial charge >= 0.3 is 0 Å². The molecule has 0 amide bonds. The van der Waals surface area contributed by atoms with Crippen molar-refractivity contribution in [2.75, 3.05) is 7.11 Å². The van der Waals surface area contributed by atoms with E-state index in [4.69, 9.17) is 4.74 Å². The Labute approximate surface area is 90.2 Å². The second kappa shape index (κ2) is 3.85. The standard InChI is InChI=1S/C10H11BrF2O/c1-10(2,13)9-7(12)4-6(11)5-8(9)14-3/h4-5H,1-3H3. The van der Waals surface area contributed by atoms with Crippen molar-refractivity contribution in [3.8, 4) is 5.75 Å². The van der Waals surface area contributed by atoms with Gasteiger partial charge in [0.05, 0.1) is 12.7 Å². The van der Waals surface area contributed by atoms with Crippen molar-refractivity contribution in [1.82, 2.24) is 0 Å². The summed E-state index contributed by atoms with van der Waals surface area (Å²) in [6, 6.07) is 2.76. The summed E-state index contributed by atoms with van der Waals surface area (Å²) in [4.78, 5) is 0.